The zero-order valence-corrected chi connectivity index (χ0v) is 22.6. The van der Waals surface area contributed by atoms with Crippen molar-refractivity contribution in [2.75, 3.05) is 17.1 Å². The number of non-ortho nitro benzene ring substituents is 1. The molecule has 0 radical (unpaired) electrons. The molecular formula is C23H29BrN4O6S. The molecule has 0 aliphatic rings. The first-order chi connectivity index (χ1) is 16.1. The number of anilines is 1. The molecule has 0 spiro atoms. The van der Waals surface area contributed by atoms with Crippen LogP contribution in [0.4, 0.5) is 11.4 Å². The molecule has 190 valence electrons. The molecule has 10 nitrogen and oxygen atoms in total. The Kier molecular flexibility index (Phi) is 9.01. The van der Waals surface area contributed by atoms with Crippen LogP contribution in [0.3, 0.4) is 0 Å². The minimum absolute atomic E-state index is 0.0227. The number of halogens is 1. The van der Waals surface area contributed by atoms with Crippen molar-refractivity contribution in [3.05, 3.63) is 68.7 Å². The van der Waals surface area contributed by atoms with Crippen molar-refractivity contribution in [1.29, 1.82) is 0 Å². The first-order valence-electron chi connectivity index (χ1n) is 10.7. The highest BCUT2D eigenvalue weighted by Crippen LogP contribution is 2.24. The summed E-state index contributed by atoms with van der Waals surface area (Å²) in [7, 11) is -3.99. The highest BCUT2D eigenvalue weighted by molar-refractivity contribution is 9.10. The number of benzene rings is 2. The van der Waals surface area contributed by atoms with Crippen LogP contribution in [0, 0.1) is 10.1 Å². The van der Waals surface area contributed by atoms with E-state index in [1.807, 2.05) is 20.8 Å². The van der Waals surface area contributed by atoms with Gasteiger partial charge in [-0.1, -0.05) is 34.1 Å². The van der Waals surface area contributed by atoms with E-state index in [-0.39, 0.29) is 17.9 Å². The molecule has 2 aromatic rings. The van der Waals surface area contributed by atoms with Crippen LogP contribution in [-0.4, -0.2) is 54.4 Å². The minimum Gasteiger partial charge on any atom is -0.350 e. The second-order valence-electron chi connectivity index (χ2n) is 9.11. The lowest BCUT2D eigenvalue weighted by atomic mass is 10.1. The summed E-state index contributed by atoms with van der Waals surface area (Å²) in [6, 6.07) is 11.3. The van der Waals surface area contributed by atoms with Crippen LogP contribution in [0.5, 0.6) is 0 Å². The molecule has 2 rings (SSSR count). The van der Waals surface area contributed by atoms with Gasteiger partial charge in [0.15, 0.2) is 0 Å². The number of nitro benzene ring substituents is 1. The summed E-state index contributed by atoms with van der Waals surface area (Å²) in [5, 5.41) is 14.0. The number of sulfonamides is 1. The third kappa shape index (κ3) is 8.32. The van der Waals surface area contributed by atoms with Gasteiger partial charge < -0.3 is 10.2 Å². The molecule has 0 unspecified atom stereocenters. The Morgan fingerprint density at radius 3 is 2.26 bits per heavy atom. The maximum Gasteiger partial charge on any atom is 0.271 e. The lowest BCUT2D eigenvalue weighted by molar-refractivity contribution is -0.384. The monoisotopic (exact) mass is 568 g/mol. The molecule has 0 aliphatic heterocycles. The molecular weight excluding hydrogens is 540 g/mol. The Labute approximate surface area is 213 Å². The van der Waals surface area contributed by atoms with Crippen LogP contribution in [0.2, 0.25) is 0 Å². The van der Waals surface area contributed by atoms with Crippen molar-refractivity contribution in [3.8, 4) is 0 Å². The fourth-order valence-electron chi connectivity index (χ4n) is 3.22. The average Bonchev–Trinajstić information content (AvgIpc) is 2.74. The number of hydrogen-bond donors (Lipinski definition) is 1. The van der Waals surface area contributed by atoms with Crippen molar-refractivity contribution in [2.24, 2.45) is 0 Å². The second kappa shape index (κ2) is 11.2. The van der Waals surface area contributed by atoms with Gasteiger partial charge >= 0.3 is 0 Å². The van der Waals surface area contributed by atoms with E-state index in [1.165, 1.54) is 23.1 Å². The summed E-state index contributed by atoms with van der Waals surface area (Å²) in [4.78, 5) is 38.2. The van der Waals surface area contributed by atoms with E-state index in [4.69, 9.17) is 0 Å². The molecule has 35 heavy (non-hydrogen) atoms. The summed E-state index contributed by atoms with van der Waals surface area (Å²) >= 11 is 3.36. The highest BCUT2D eigenvalue weighted by Gasteiger charge is 2.31. The van der Waals surface area contributed by atoms with E-state index >= 15 is 0 Å². The summed E-state index contributed by atoms with van der Waals surface area (Å²) in [6.07, 6.45) is 0.911. The van der Waals surface area contributed by atoms with Crippen LogP contribution < -0.4 is 9.62 Å². The largest absolute Gasteiger partial charge is 0.350 e. The molecule has 0 bridgehead atoms. The Bertz CT molecular complexity index is 1200. The van der Waals surface area contributed by atoms with Crippen molar-refractivity contribution in [1.82, 2.24) is 10.2 Å². The Morgan fingerprint density at radius 1 is 1.14 bits per heavy atom. The fraction of sp³-hybridized carbons (Fsp3) is 0.391. The lowest BCUT2D eigenvalue weighted by Gasteiger charge is -2.33. The fourth-order valence-corrected chi connectivity index (χ4v) is 4.32. The predicted molar refractivity (Wildman–Crippen MR) is 137 cm³/mol. The van der Waals surface area contributed by atoms with Crippen LogP contribution in [-0.2, 0) is 26.2 Å². The van der Waals surface area contributed by atoms with E-state index < -0.39 is 44.9 Å². The normalized spacial score (nSPS) is 12.5. The molecule has 1 atom stereocenters. The SMILES string of the molecule is C[C@@H](C(=O)NC(C)(C)C)N(Cc1ccc(Br)cc1)C(=O)CN(c1cccc([N+](=O)[O-])c1)S(C)(=O)=O. The predicted octanol–water partition coefficient (Wildman–Crippen LogP) is 3.46. The van der Waals surface area contributed by atoms with Gasteiger partial charge in [0.25, 0.3) is 5.69 Å². The maximum atomic E-state index is 13.5. The Morgan fingerprint density at radius 2 is 1.74 bits per heavy atom. The van der Waals surface area contributed by atoms with E-state index in [1.54, 1.807) is 31.2 Å². The second-order valence-corrected chi connectivity index (χ2v) is 11.9. The van der Waals surface area contributed by atoms with E-state index in [2.05, 4.69) is 21.2 Å². The molecule has 0 aromatic heterocycles. The minimum atomic E-state index is -3.99. The molecule has 12 heteroatoms. The molecule has 1 N–H and O–H groups in total. The van der Waals surface area contributed by atoms with Gasteiger partial charge in [0.1, 0.15) is 12.6 Å². The molecule has 2 amide bonds. The first-order valence-corrected chi connectivity index (χ1v) is 13.3. The van der Waals surface area contributed by atoms with Crippen LogP contribution in [0.25, 0.3) is 0 Å². The van der Waals surface area contributed by atoms with E-state index in [0.29, 0.717) is 0 Å². The topological polar surface area (TPSA) is 130 Å². The van der Waals surface area contributed by atoms with Crippen molar-refractivity contribution >= 4 is 49.1 Å². The highest BCUT2D eigenvalue weighted by atomic mass is 79.9. The van der Waals surface area contributed by atoms with Gasteiger partial charge in [-0.3, -0.25) is 24.0 Å². The zero-order chi connectivity index (χ0) is 26.6. The average molecular weight is 569 g/mol. The molecule has 0 fully saturated rings. The van der Waals surface area contributed by atoms with Crippen molar-refractivity contribution in [2.45, 2.75) is 45.8 Å². The summed E-state index contributed by atoms with van der Waals surface area (Å²) in [5.41, 5.74) is -0.142. The maximum absolute atomic E-state index is 13.5. The Balaban J connectivity index is 2.43. The molecule has 0 aliphatic carbocycles. The Hall–Kier alpha value is -2.99. The van der Waals surface area contributed by atoms with Crippen LogP contribution >= 0.6 is 15.9 Å². The van der Waals surface area contributed by atoms with Crippen molar-refractivity contribution < 1.29 is 22.9 Å². The van der Waals surface area contributed by atoms with Gasteiger partial charge in [0.05, 0.1) is 16.9 Å². The number of nitrogens with zero attached hydrogens (tertiary/aromatic N) is 3. The molecule has 0 saturated heterocycles. The number of carbonyl (C=O) groups is 2. The third-order valence-corrected chi connectivity index (χ3v) is 6.61. The van der Waals surface area contributed by atoms with Gasteiger partial charge in [-0.25, -0.2) is 8.42 Å². The molecule has 2 aromatic carbocycles. The van der Waals surface area contributed by atoms with Crippen LogP contribution in [0.15, 0.2) is 53.0 Å². The quantitative estimate of drug-likeness (QED) is 0.364. The van der Waals surface area contributed by atoms with Crippen LogP contribution in [0.1, 0.15) is 33.3 Å². The number of amides is 2. The van der Waals surface area contributed by atoms with Gasteiger partial charge in [-0.05, 0) is 51.5 Å². The number of nitrogens with one attached hydrogen (secondary N) is 1. The summed E-state index contributed by atoms with van der Waals surface area (Å²) < 4.78 is 26.8. The zero-order valence-electron chi connectivity index (χ0n) is 20.2. The number of carbonyl (C=O) groups excluding carboxylic acids is 2. The van der Waals surface area contributed by atoms with Gasteiger partial charge in [0.2, 0.25) is 21.8 Å². The standard InChI is InChI=1S/C23H29BrN4O6S/c1-16(22(30)25-23(2,3)4)26(14-17-9-11-18(24)12-10-17)21(29)15-27(35(5,33)34)19-7-6-8-20(13-19)28(31)32/h6-13,16H,14-15H2,1-5H3,(H,25,30)/t16-/m0/s1. The van der Waals surface area contributed by atoms with Gasteiger partial charge in [-0.15, -0.1) is 0 Å². The van der Waals surface area contributed by atoms with Gasteiger partial charge in [-0.2, -0.15) is 0 Å². The smallest absolute Gasteiger partial charge is 0.271 e. The summed E-state index contributed by atoms with van der Waals surface area (Å²) in [6.45, 7) is 6.42. The molecule has 0 saturated carbocycles. The lowest BCUT2D eigenvalue weighted by Crippen LogP contribution is -2.54. The molecule has 0 heterocycles. The number of nitro groups is 1. The van der Waals surface area contributed by atoms with Gasteiger partial charge in [0, 0.05) is 28.7 Å². The van der Waals surface area contributed by atoms with Crippen molar-refractivity contribution in [3.63, 3.8) is 0 Å². The third-order valence-electron chi connectivity index (χ3n) is 4.94. The number of hydrogen-bond acceptors (Lipinski definition) is 6. The number of rotatable bonds is 9. The first kappa shape index (κ1) is 28.2. The summed E-state index contributed by atoms with van der Waals surface area (Å²) in [5.74, 6) is -1.04. The van der Waals surface area contributed by atoms with E-state index in [0.717, 1.165) is 26.7 Å². The van der Waals surface area contributed by atoms with E-state index in [9.17, 15) is 28.1 Å².